The van der Waals surface area contributed by atoms with E-state index < -0.39 is 31.9 Å². The second-order valence-corrected chi connectivity index (χ2v) is 11.9. The molecule has 1 aromatic carbocycles. The Morgan fingerprint density at radius 3 is 2.31 bits per heavy atom. The lowest BCUT2D eigenvalue weighted by atomic mass is 10.1. The Labute approximate surface area is 223 Å². The molecule has 0 saturated heterocycles. The van der Waals surface area contributed by atoms with E-state index in [1.807, 2.05) is 17.7 Å². The van der Waals surface area contributed by atoms with E-state index >= 15 is 0 Å². The summed E-state index contributed by atoms with van der Waals surface area (Å²) in [5.74, 6) is -0.539. The summed E-state index contributed by atoms with van der Waals surface area (Å²) in [6.07, 6.45) is 10.9. The van der Waals surface area contributed by atoms with E-state index in [0.29, 0.717) is 6.42 Å². The lowest BCUT2D eigenvalue weighted by molar-refractivity contribution is 0.119. The zero-order chi connectivity index (χ0) is 26.3. The van der Waals surface area contributed by atoms with Crippen LogP contribution in [0.15, 0.2) is 54.0 Å². The van der Waals surface area contributed by atoms with Crippen LogP contribution in [-0.4, -0.2) is 36.9 Å². The Kier molecular flexibility index (Phi) is 14.4. The van der Waals surface area contributed by atoms with Crippen molar-refractivity contribution in [2.45, 2.75) is 73.1 Å². The minimum Gasteiger partial charge on any atom is -0.474 e. The van der Waals surface area contributed by atoms with E-state index in [2.05, 4.69) is 6.58 Å². The summed E-state index contributed by atoms with van der Waals surface area (Å²) in [5.41, 5.74) is 0.891. The summed E-state index contributed by atoms with van der Waals surface area (Å²) in [7, 11) is -4.07. The van der Waals surface area contributed by atoms with Crippen LogP contribution < -0.4 is 4.72 Å². The van der Waals surface area contributed by atoms with Gasteiger partial charge in [0.05, 0.1) is 4.90 Å². The number of carbonyl (C=O) groups excluding carboxylic acids is 1. The molecule has 0 radical (unpaired) electrons. The van der Waals surface area contributed by atoms with Crippen LogP contribution in [0, 0.1) is 12.3 Å². The summed E-state index contributed by atoms with van der Waals surface area (Å²) in [5, 5.41) is 7.53. The zero-order valence-electron chi connectivity index (χ0n) is 19.8. The Bertz CT molecular complexity index is 945. The molecule has 0 aliphatic heterocycles. The zero-order valence-corrected chi connectivity index (χ0v) is 22.9. The molecule has 1 atom stereocenters. The second-order valence-electron chi connectivity index (χ2n) is 7.92. The smallest absolute Gasteiger partial charge is 0.421 e. The van der Waals surface area contributed by atoms with Gasteiger partial charge in [0.25, 0.3) is 13.8 Å². The van der Waals surface area contributed by atoms with Gasteiger partial charge in [0.2, 0.25) is 5.90 Å². The molecule has 0 aliphatic carbocycles. The Balaban J connectivity index is 2.66. The van der Waals surface area contributed by atoms with E-state index in [1.54, 1.807) is 18.2 Å². The molecule has 0 spiro atoms. The SMILES string of the molecule is C=CCCCCCCCCC(/C=C/COC(=N)C(Cl)(Cl)Cl)OC(=O)NS(=O)(=O)c1ccc(C)cc1. The molecule has 1 aromatic rings. The average Bonchev–Trinajstić information content (AvgIpc) is 2.77. The first-order valence-electron chi connectivity index (χ1n) is 11.3. The van der Waals surface area contributed by atoms with Gasteiger partial charge in [-0.3, -0.25) is 5.41 Å². The number of rotatable bonds is 15. The fraction of sp³-hybridized carbons (Fsp3) is 0.500. The number of carbonyl (C=O) groups is 1. The van der Waals surface area contributed by atoms with E-state index in [9.17, 15) is 13.2 Å². The Morgan fingerprint density at radius 2 is 1.71 bits per heavy atom. The van der Waals surface area contributed by atoms with Gasteiger partial charge in [0, 0.05) is 0 Å². The molecule has 0 fully saturated rings. The van der Waals surface area contributed by atoms with Crippen LogP contribution in [0.4, 0.5) is 4.79 Å². The number of amides is 1. The van der Waals surface area contributed by atoms with Crippen LogP contribution in [0.3, 0.4) is 0 Å². The van der Waals surface area contributed by atoms with Gasteiger partial charge in [0.1, 0.15) is 12.7 Å². The number of halogens is 3. The molecule has 2 N–H and O–H groups in total. The van der Waals surface area contributed by atoms with Gasteiger partial charge < -0.3 is 9.47 Å². The van der Waals surface area contributed by atoms with E-state index in [1.165, 1.54) is 18.2 Å². The molecular weight excluding hydrogens is 535 g/mol. The first-order chi connectivity index (χ1) is 16.5. The monoisotopic (exact) mass is 566 g/mol. The van der Waals surface area contributed by atoms with Crippen LogP contribution >= 0.6 is 34.8 Å². The van der Waals surface area contributed by atoms with Crippen molar-refractivity contribution in [2.24, 2.45) is 0 Å². The first-order valence-corrected chi connectivity index (χ1v) is 13.9. The van der Waals surface area contributed by atoms with Gasteiger partial charge in [0.15, 0.2) is 0 Å². The van der Waals surface area contributed by atoms with Crippen molar-refractivity contribution < 1.29 is 22.7 Å². The maximum atomic E-state index is 12.5. The number of allylic oxidation sites excluding steroid dienone is 1. The summed E-state index contributed by atoms with van der Waals surface area (Å²) in [4.78, 5) is 12.3. The molecule has 0 saturated carbocycles. The highest BCUT2D eigenvalue weighted by atomic mass is 35.6. The average molecular weight is 568 g/mol. The lowest BCUT2D eigenvalue weighted by Gasteiger charge is -2.16. The van der Waals surface area contributed by atoms with Crippen molar-refractivity contribution in [3.05, 3.63) is 54.6 Å². The number of alkyl halides is 3. The topological polar surface area (TPSA) is 106 Å². The highest BCUT2D eigenvalue weighted by Crippen LogP contribution is 2.27. The maximum Gasteiger partial charge on any atom is 0.421 e. The molecule has 0 heterocycles. The van der Waals surface area contributed by atoms with Crippen molar-refractivity contribution in [3.8, 4) is 0 Å². The third-order valence-corrected chi connectivity index (χ3v) is 6.73. The molecule has 1 unspecified atom stereocenters. The van der Waals surface area contributed by atoms with Crippen molar-refractivity contribution in [3.63, 3.8) is 0 Å². The molecule has 0 aliphatic rings. The van der Waals surface area contributed by atoms with Crippen molar-refractivity contribution >= 4 is 56.8 Å². The molecule has 35 heavy (non-hydrogen) atoms. The summed E-state index contributed by atoms with van der Waals surface area (Å²) >= 11 is 16.7. The summed E-state index contributed by atoms with van der Waals surface area (Å²) < 4.78 is 35.3. The van der Waals surface area contributed by atoms with Crippen molar-refractivity contribution in [1.82, 2.24) is 4.72 Å². The number of unbranched alkanes of at least 4 members (excludes halogenated alkanes) is 6. The predicted molar refractivity (Wildman–Crippen MR) is 142 cm³/mol. The second kappa shape index (κ2) is 16.1. The summed E-state index contributed by atoms with van der Waals surface area (Å²) in [6.45, 7) is 5.46. The fourth-order valence-corrected chi connectivity index (χ4v) is 4.05. The minimum absolute atomic E-state index is 0.0396. The molecule has 0 aromatic heterocycles. The molecule has 196 valence electrons. The van der Waals surface area contributed by atoms with Crippen LogP contribution in [-0.2, 0) is 19.5 Å². The number of hydrogen-bond donors (Lipinski definition) is 2. The van der Waals surface area contributed by atoms with Crippen LogP contribution in [0.2, 0.25) is 0 Å². The maximum absolute atomic E-state index is 12.5. The van der Waals surface area contributed by atoms with Gasteiger partial charge in [-0.15, -0.1) is 6.58 Å². The normalized spacial score (nSPS) is 12.8. The molecule has 11 heteroatoms. The Morgan fingerprint density at radius 1 is 1.11 bits per heavy atom. The van der Waals surface area contributed by atoms with E-state index in [4.69, 9.17) is 49.7 Å². The van der Waals surface area contributed by atoms with Crippen LogP contribution in [0.1, 0.15) is 56.9 Å². The van der Waals surface area contributed by atoms with Gasteiger partial charge in [-0.05, 0) is 56.9 Å². The number of ether oxygens (including phenoxy) is 2. The minimum atomic E-state index is -4.07. The Hall–Kier alpha value is -1.74. The fourth-order valence-electron chi connectivity index (χ4n) is 3.00. The first kappa shape index (κ1) is 31.3. The highest BCUT2D eigenvalue weighted by Gasteiger charge is 2.28. The molecule has 7 nitrogen and oxygen atoms in total. The van der Waals surface area contributed by atoms with Crippen LogP contribution in [0.5, 0.6) is 0 Å². The summed E-state index contributed by atoms with van der Waals surface area (Å²) in [6, 6.07) is 6.10. The van der Waals surface area contributed by atoms with Gasteiger partial charge in [-0.1, -0.05) is 84.3 Å². The third-order valence-electron chi connectivity index (χ3n) is 4.89. The standard InChI is InChI=1S/C24H33Cl3N2O5S/c1-3-4-5-6-7-8-9-10-12-20(13-11-18-33-22(28)24(25,26)27)34-23(30)29-35(31,32)21-16-14-19(2)15-17-21/h3,11,13-17,20,28H,1,4-10,12,18H2,2H3,(H,29,30)/b13-11+,28-22?. The van der Waals surface area contributed by atoms with Crippen molar-refractivity contribution in [2.75, 3.05) is 6.61 Å². The van der Waals surface area contributed by atoms with Crippen molar-refractivity contribution in [1.29, 1.82) is 5.41 Å². The highest BCUT2D eigenvalue weighted by molar-refractivity contribution is 7.90. The number of hydrogen-bond acceptors (Lipinski definition) is 6. The van der Waals surface area contributed by atoms with E-state index in [0.717, 1.165) is 50.5 Å². The molecule has 0 bridgehead atoms. The lowest BCUT2D eigenvalue weighted by Crippen LogP contribution is -2.33. The quantitative estimate of drug-likeness (QED) is 0.0780. The molecule has 1 amide bonds. The van der Waals surface area contributed by atoms with Crippen LogP contribution in [0.25, 0.3) is 0 Å². The number of nitrogens with one attached hydrogen (secondary N) is 2. The molecule has 1 rings (SSSR count). The number of sulfonamides is 1. The number of benzene rings is 1. The largest absolute Gasteiger partial charge is 0.474 e. The third kappa shape index (κ3) is 13.8. The number of aryl methyl sites for hydroxylation is 1. The van der Waals surface area contributed by atoms with Gasteiger partial charge in [-0.2, -0.15) is 0 Å². The molecular formula is C24H33Cl3N2O5S. The van der Waals surface area contributed by atoms with Gasteiger partial charge >= 0.3 is 6.09 Å². The predicted octanol–water partition coefficient (Wildman–Crippen LogP) is 7.01. The van der Waals surface area contributed by atoms with E-state index in [-0.39, 0.29) is 11.5 Å². The van der Waals surface area contributed by atoms with Gasteiger partial charge in [-0.25, -0.2) is 17.9 Å².